The van der Waals surface area contributed by atoms with Gasteiger partial charge in [0.1, 0.15) is 5.75 Å². The largest absolute Gasteiger partial charge is 0.491 e. The predicted molar refractivity (Wildman–Crippen MR) is 119 cm³/mol. The Balaban J connectivity index is 1.64. The van der Waals surface area contributed by atoms with Gasteiger partial charge in [-0.3, -0.25) is 4.79 Å². The van der Waals surface area contributed by atoms with Gasteiger partial charge < -0.3 is 10.1 Å². The molecule has 30 heavy (non-hydrogen) atoms. The Kier molecular flexibility index (Phi) is 7.39. The summed E-state index contributed by atoms with van der Waals surface area (Å²) in [6.45, 7) is 4.47. The summed E-state index contributed by atoms with van der Waals surface area (Å²) in [7, 11) is -3.54. The molecule has 0 radical (unpaired) electrons. The van der Waals surface area contributed by atoms with Crippen LogP contribution in [0, 0.1) is 5.92 Å². The molecule has 6 nitrogen and oxygen atoms in total. The second-order valence-corrected chi connectivity index (χ2v) is 10.2. The molecule has 0 unspecified atom stereocenters. The zero-order valence-electron chi connectivity index (χ0n) is 17.2. The molecule has 0 aromatic heterocycles. The van der Waals surface area contributed by atoms with Crippen molar-refractivity contribution < 1.29 is 17.9 Å². The Labute approximate surface area is 183 Å². The third-order valence-corrected chi connectivity index (χ3v) is 6.91. The van der Waals surface area contributed by atoms with Crippen LogP contribution in [0.3, 0.4) is 0 Å². The molecule has 1 N–H and O–H groups in total. The van der Waals surface area contributed by atoms with Crippen molar-refractivity contribution in [1.29, 1.82) is 0 Å². The lowest BCUT2D eigenvalue weighted by Gasteiger charge is -2.31. The summed E-state index contributed by atoms with van der Waals surface area (Å²) in [6, 6.07) is 14.0. The van der Waals surface area contributed by atoms with Crippen LogP contribution in [0.5, 0.6) is 5.75 Å². The fourth-order valence-corrected chi connectivity index (χ4v) is 5.31. The number of nitrogens with one attached hydrogen (secondary N) is 1. The van der Waals surface area contributed by atoms with Crippen LogP contribution in [-0.4, -0.2) is 37.8 Å². The van der Waals surface area contributed by atoms with Gasteiger partial charge in [0, 0.05) is 29.9 Å². The van der Waals surface area contributed by atoms with E-state index in [4.69, 9.17) is 16.3 Å². The number of nitrogens with zero attached hydrogens (tertiary/aromatic N) is 1. The van der Waals surface area contributed by atoms with Crippen LogP contribution < -0.4 is 10.1 Å². The first-order valence-corrected chi connectivity index (χ1v) is 12.0. The standard InChI is InChI=1S/C22H27ClN2O4S/c1-16(2)29-21-10-4-9-20(13-21)24-22(26)18-7-5-11-25(14-18)30(27,28)15-17-6-3-8-19(23)12-17/h3-4,6,8-10,12-13,16,18H,5,7,11,14-15H2,1-2H3,(H,24,26)/t18-/m1/s1. The molecule has 1 fully saturated rings. The number of carbonyl (C=O) groups excluding carboxylic acids is 1. The predicted octanol–water partition coefficient (Wildman–Crippen LogP) is 4.31. The van der Waals surface area contributed by atoms with Crippen molar-refractivity contribution in [3.63, 3.8) is 0 Å². The van der Waals surface area contributed by atoms with E-state index in [9.17, 15) is 13.2 Å². The topological polar surface area (TPSA) is 75.7 Å². The van der Waals surface area contributed by atoms with E-state index in [1.807, 2.05) is 26.0 Å². The first-order chi connectivity index (χ1) is 14.2. The monoisotopic (exact) mass is 450 g/mol. The summed E-state index contributed by atoms with van der Waals surface area (Å²) in [5.74, 6) is -0.0321. The first-order valence-electron chi connectivity index (χ1n) is 10.0. The molecule has 1 atom stereocenters. The van der Waals surface area contributed by atoms with E-state index in [1.54, 1.807) is 36.4 Å². The van der Waals surface area contributed by atoms with E-state index in [0.29, 0.717) is 41.4 Å². The number of hydrogen-bond donors (Lipinski definition) is 1. The SMILES string of the molecule is CC(C)Oc1cccc(NC(=O)[C@@H]2CCCN(S(=O)(=O)Cc3cccc(Cl)c3)C2)c1. The summed E-state index contributed by atoms with van der Waals surface area (Å²) in [6.07, 6.45) is 1.33. The van der Waals surface area contributed by atoms with E-state index in [-0.39, 0.29) is 24.3 Å². The van der Waals surface area contributed by atoms with Gasteiger partial charge in [-0.05, 0) is 56.5 Å². The van der Waals surface area contributed by atoms with Gasteiger partial charge in [-0.2, -0.15) is 0 Å². The number of sulfonamides is 1. The number of carbonyl (C=O) groups is 1. The summed E-state index contributed by atoms with van der Waals surface area (Å²) >= 11 is 5.97. The maximum Gasteiger partial charge on any atom is 0.228 e. The van der Waals surface area contributed by atoms with Crippen LogP contribution in [-0.2, 0) is 20.6 Å². The Morgan fingerprint density at radius 1 is 1.23 bits per heavy atom. The van der Waals surface area contributed by atoms with Crippen molar-refractivity contribution in [3.8, 4) is 5.75 Å². The van der Waals surface area contributed by atoms with Crippen LogP contribution in [0.1, 0.15) is 32.3 Å². The van der Waals surface area contributed by atoms with Crippen LogP contribution in [0.4, 0.5) is 5.69 Å². The van der Waals surface area contributed by atoms with Gasteiger partial charge in [0.15, 0.2) is 0 Å². The number of piperidine rings is 1. The molecule has 2 aromatic rings. The van der Waals surface area contributed by atoms with E-state index in [1.165, 1.54) is 4.31 Å². The number of hydrogen-bond acceptors (Lipinski definition) is 4. The third-order valence-electron chi connectivity index (χ3n) is 4.86. The van der Waals surface area contributed by atoms with E-state index in [0.717, 1.165) is 0 Å². The summed E-state index contributed by atoms with van der Waals surface area (Å²) in [5.41, 5.74) is 1.27. The minimum Gasteiger partial charge on any atom is -0.491 e. The quantitative estimate of drug-likeness (QED) is 0.682. The lowest BCUT2D eigenvalue weighted by Crippen LogP contribution is -2.44. The van der Waals surface area contributed by atoms with Crippen molar-refractivity contribution in [2.24, 2.45) is 5.92 Å². The molecule has 1 heterocycles. The Morgan fingerprint density at radius 3 is 2.73 bits per heavy atom. The number of rotatable bonds is 7. The highest BCUT2D eigenvalue weighted by Gasteiger charge is 2.32. The lowest BCUT2D eigenvalue weighted by molar-refractivity contribution is -0.120. The summed E-state index contributed by atoms with van der Waals surface area (Å²) in [4.78, 5) is 12.8. The second-order valence-electron chi connectivity index (χ2n) is 7.77. The van der Waals surface area contributed by atoms with Crippen molar-refractivity contribution in [2.45, 2.75) is 38.5 Å². The van der Waals surface area contributed by atoms with Gasteiger partial charge in [0.2, 0.25) is 15.9 Å². The molecule has 162 valence electrons. The fourth-order valence-electron chi connectivity index (χ4n) is 3.50. The Hall–Kier alpha value is -2.09. The number of anilines is 1. The van der Waals surface area contributed by atoms with Crippen LogP contribution in [0.15, 0.2) is 48.5 Å². The zero-order chi connectivity index (χ0) is 21.7. The molecular formula is C22H27ClN2O4S. The van der Waals surface area contributed by atoms with Gasteiger partial charge in [0.05, 0.1) is 17.8 Å². The average molecular weight is 451 g/mol. The first kappa shape index (κ1) is 22.6. The molecule has 8 heteroatoms. The van der Waals surface area contributed by atoms with Gasteiger partial charge >= 0.3 is 0 Å². The molecule has 0 bridgehead atoms. The van der Waals surface area contributed by atoms with Crippen molar-refractivity contribution in [1.82, 2.24) is 4.31 Å². The number of ether oxygens (including phenoxy) is 1. The second kappa shape index (κ2) is 9.81. The Bertz CT molecular complexity index is 994. The average Bonchev–Trinajstić information content (AvgIpc) is 2.67. The van der Waals surface area contributed by atoms with Gasteiger partial charge in [0.25, 0.3) is 0 Å². The molecule has 0 saturated carbocycles. The number of amides is 1. The lowest BCUT2D eigenvalue weighted by atomic mass is 9.98. The molecule has 0 spiro atoms. The molecular weight excluding hydrogens is 424 g/mol. The highest BCUT2D eigenvalue weighted by Crippen LogP contribution is 2.25. The zero-order valence-corrected chi connectivity index (χ0v) is 18.7. The molecule has 0 aliphatic carbocycles. The highest BCUT2D eigenvalue weighted by molar-refractivity contribution is 7.88. The molecule has 2 aromatic carbocycles. The van der Waals surface area contributed by atoms with Gasteiger partial charge in [-0.15, -0.1) is 0 Å². The van der Waals surface area contributed by atoms with Crippen molar-refractivity contribution >= 4 is 33.2 Å². The molecule has 1 aliphatic heterocycles. The normalized spacial score (nSPS) is 17.7. The summed E-state index contributed by atoms with van der Waals surface area (Å²) in [5, 5.41) is 3.40. The van der Waals surface area contributed by atoms with Crippen molar-refractivity contribution in [3.05, 3.63) is 59.1 Å². The van der Waals surface area contributed by atoms with E-state index in [2.05, 4.69) is 5.32 Å². The smallest absolute Gasteiger partial charge is 0.228 e. The maximum absolute atomic E-state index is 12.9. The minimum atomic E-state index is -3.54. The van der Waals surface area contributed by atoms with E-state index >= 15 is 0 Å². The van der Waals surface area contributed by atoms with Crippen molar-refractivity contribution in [2.75, 3.05) is 18.4 Å². The maximum atomic E-state index is 12.9. The summed E-state index contributed by atoms with van der Waals surface area (Å²) < 4.78 is 32.8. The van der Waals surface area contributed by atoms with Gasteiger partial charge in [-0.25, -0.2) is 12.7 Å². The Morgan fingerprint density at radius 2 is 2.00 bits per heavy atom. The number of halogens is 1. The van der Waals surface area contributed by atoms with Gasteiger partial charge in [-0.1, -0.05) is 29.8 Å². The molecule has 3 rings (SSSR count). The minimum absolute atomic E-state index is 0.0348. The number of benzene rings is 2. The van der Waals surface area contributed by atoms with E-state index < -0.39 is 15.9 Å². The molecule has 1 aliphatic rings. The molecule has 1 amide bonds. The fraction of sp³-hybridized carbons (Fsp3) is 0.409. The van der Waals surface area contributed by atoms with Crippen LogP contribution >= 0.6 is 11.6 Å². The highest BCUT2D eigenvalue weighted by atomic mass is 35.5. The molecule has 1 saturated heterocycles. The third kappa shape index (κ3) is 6.20. The van der Waals surface area contributed by atoms with Crippen LogP contribution in [0.2, 0.25) is 5.02 Å². The van der Waals surface area contributed by atoms with Crippen LogP contribution in [0.25, 0.3) is 0 Å².